The second kappa shape index (κ2) is 7.43. The Hall–Kier alpha value is -1.16. The third-order valence-corrected chi connectivity index (χ3v) is 2.83. The molecule has 0 radical (unpaired) electrons. The van der Waals surface area contributed by atoms with E-state index in [0.29, 0.717) is 24.4 Å². The number of rotatable bonds is 7. The molecule has 4 heteroatoms. The second-order valence-electron chi connectivity index (χ2n) is 5.25. The van der Waals surface area contributed by atoms with Crippen LogP contribution in [0.2, 0.25) is 0 Å². The van der Waals surface area contributed by atoms with Gasteiger partial charge in [0.05, 0.1) is 6.10 Å². The summed E-state index contributed by atoms with van der Waals surface area (Å²) in [6, 6.07) is 2.66. The first-order valence-corrected chi connectivity index (χ1v) is 6.79. The molecule has 1 aromatic carbocycles. The summed E-state index contributed by atoms with van der Waals surface area (Å²) in [4.78, 5) is 0. The Morgan fingerprint density at radius 3 is 2.21 bits per heavy atom. The summed E-state index contributed by atoms with van der Waals surface area (Å²) >= 11 is 0. The van der Waals surface area contributed by atoms with Crippen molar-refractivity contribution in [1.82, 2.24) is 5.32 Å². The molecule has 0 aliphatic heterocycles. The summed E-state index contributed by atoms with van der Waals surface area (Å²) in [6.45, 7) is 9.13. The Kier molecular flexibility index (Phi) is 6.22. The van der Waals surface area contributed by atoms with Crippen LogP contribution in [0.3, 0.4) is 0 Å². The highest BCUT2D eigenvalue weighted by molar-refractivity contribution is 5.31. The van der Waals surface area contributed by atoms with Crippen LogP contribution in [0.4, 0.5) is 8.78 Å². The third-order valence-electron chi connectivity index (χ3n) is 2.83. The van der Waals surface area contributed by atoms with Gasteiger partial charge in [0.15, 0.2) is 17.4 Å². The molecule has 108 valence electrons. The molecule has 0 aliphatic rings. The molecule has 1 rings (SSSR count). The molecule has 1 unspecified atom stereocenters. The number of ether oxygens (including phenoxy) is 1. The molecular formula is C15H23F2NO. The number of nitrogens with one attached hydrogen (secondary N) is 1. The molecule has 0 amide bonds. The molecule has 0 saturated carbocycles. The summed E-state index contributed by atoms with van der Waals surface area (Å²) in [6.07, 6.45) is 0.505. The molecule has 0 spiro atoms. The van der Waals surface area contributed by atoms with Crippen LogP contribution < -0.4 is 10.1 Å². The van der Waals surface area contributed by atoms with E-state index in [2.05, 4.69) is 19.2 Å². The highest BCUT2D eigenvalue weighted by Gasteiger charge is 2.14. The minimum Gasteiger partial charge on any atom is -0.485 e. The van der Waals surface area contributed by atoms with Gasteiger partial charge in [0.1, 0.15) is 0 Å². The maximum atomic E-state index is 13.8. The van der Waals surface area contributed by atoms with Crippen molar-refractivity contribution in [2.45, 2.75) is 46.8 Å². The van der Waals surface area contributed by atoms with Crippen LogP contribution in [0.1, 0.15) is 39.7 Å². The predicted octanol–water partition coefficient (Wildman–Crippen LogP) is 3.89. The first-order valence-electron chi connectivity index (χ1n) is 6.79. The van der Waals surface area contributed by atoms with Crippen LogP contribution in [0.15, 0.2) is 12.1 Å². The fourth-order valence-corrected chi connectivity index (χ4v) is 1.62. The van der Waals surface area contributed by atoms with Crippen molar-refractivity contribution < 1.29 is 13.5 Å². The van der Waals surface area contributed by atoms with Gasteiger partial charge in [0.25, 0.3) is 0 Å². The van der Waals surface area contributed by atoms with Crippen molar-refractivity contribution in [3.05, 3.63) is 29.3 Å². The lowest BCUT2D eigenvalue weighted by molar-refractivity contribution is 0.197. The average Bonchev–Trinajstić information content (AvgIpc) is 2.33. The van der Waals surface area contributed by atoms with E-state index in [0.717, 1.165) is 6.54 Å². The lowest BCUT2D eigenvalue weighted by atomic mass is 10.1. The van der Waals surface area contributed by atoms with E-state index in [1.807, 2.05) is 6.92 Å². The van der Waals surface area contributed by atoms with Gasteiger partial charge in [-0.1, -0.05) is 20.8 Å². The zero-order chi connectivity index (χ0) is 14.4. The fourth-order valence-electron chi connectivity index (χ4n) is 1.62. The smallest absolute Gasteiger partial charge is 0.191 e. The molecule has 19 heavy (non-hydrogen) atoms. The highest BCUT2D eigenvalue weighted by atomic mass is 19.1. The average molecular weight is 271 g/mol. The number of hydrogen-bond acceptors (Lipinski definition) is 2. The molecule has 1 aromatic rings. The van der Waals surface area contributed by atoms with Crippen LogP contribution >= 0.6 is 0 Å². The van der Waals surface area contributed by atoms with E-state index < -0.39 is 11.6 Å². The molecule has 0 bridgehead atoms. The largest absolute Gasteiger partial charge is 0.485 e. The quantitative estimate of drug-likeness (QED) is 0.812. The number of benzene rings is 1. The van der Waals surface area contributed by atoms with Gasteiger partial charge in [-0.2, -0.15) is 0 Å². The molecule has 2 nitrogen and oxygen atoms in total. The number of halogens is 2. The van der Waals surface area contributed by atoms with Gasteiger partial charge in [-0.05, 0) is 43.5 Å². The Bertz CT molecular complexity index is 384. The molecule has 0 aromatic heterocycles. The lowest BCUT2D eigenvalue weighted by Gasteiger charge is -2.15. The topological polar surface area (TPSA) is 21.3 Å². The van der Waals surface area contributed by atoms with Crippen molar-refractivity contribution in [1.29, 1.82) is 0 Å². The Balaban J connectivity index is 2.73. The number of hydrogen-bond donors (Lipinski definition) is 1. The Labute approximate surface area is 114 Å². The first kappa shape index (κ1) is 15.9. The van der Waals surface area contributed by atoms with E-state index in [-0.39, 0.29) is 11.9 Å². The van der Waals surface area contributed by atoms with Gasteiger partial charge in [0, 0.05) is 6.54 Å². The van der Waals surface area contributed by atoms with Crippen molar-refractivity contribution in [3.63, 3.8) is 0 Å². The molecule has 0 aliphatic carbocycles. The van der Waals surface area contributed by atoms with Gasteiger partial charge < -0.3 is 10.1 Å². The van der Waals surface area contributed by atoms with Gasteiger partial charge >= 0.3 is 0 Å². The first-order chi connectivity index (χ1) is 8.93. The van der Waals surface area contributed by atoms with Gasteiger partial charge in [-0.3, -0.25) is 0 Å². The van der Waals surface area contributed by atoms with E-state index in [1.165, 1.54) is 12.1 Å². The molecule has 1 N–H and O–H groups in total. The van der Waals surface area contributed by atoms with E-state index in [4.69, 9.17) is 4.74 Å². The van der Waals surface area contributed by atoms with E-state index >= 15 is 0 Å². The molecular weight excluding hydrogens is 248 g/mol. The summed E-state index contributed by atoms with van der Waals surface area (Å²) in [5, 5.41) is 3.15. The van der Waals surface area contributed by atoms with E-state index in [1.54, 1.807) is 6.92 Å². The zero-order valence-corrected chi connectivity index (χ0v) is 12.1. The molecule has 0 heterocycles. The van der Waals surface area contributed by atoms with E-state index in [9.17, 15) is 8.78 Å². The predicted molar refractivity (Wildman–Crippen MR) is 73.3 cm³/mol. The molecule has 0 fully saturated rings. The van der Waals surface area contributed by atoms with Crippen LogP contribution in [0.5, 0.6) is 5.75 Å². The maximum Gasteiger partial charge on any atom is 0.191 e. The van der Waals surface area contributed by atoms with Crippen molar-refractivity contribution >= 4 is 0 Å². The summed E-state index contributed by atoms with van der Waals surface area (Å²) < 4.78 is 32.9. The Morgan fingerprint density at radius 1 is 1.16 bits per heavy atom. The molecule has 0 saturated heterocycles. The highest BCUT2D eigenvalue weighted by Crippen LogP contribution is 2.24. The maximum absolute atomic E-state index is 13.8. The van der Waals surface area contributed by atoms with Gasteiger partial charge in [-0.25, -0.2) is 8.78 Å². The SMILES string of the molecule is CCC(C)Oc1c(F)cc(CNCC(C)C)cc1F. The van der Waals surface area contributed by atoms with Gasteiger partial charge in [0.2, 0.25) is 0 Å². The van der Waals surface area contributed by atoms with Crippen LogP contribution in [0.25, 0.3) is 0 Å². The summed E-state index contributed by atoms with van der Waals surface area (Å²) in [7, 11) is 0. The fraction of sp³-hybridized carbons (Fsp3) is 0.600. The monoisotopic (exact) mass is 271 g/mol. The Morgan fingerprint density at radius 2 is 1.74 bits per heavy atom. The standard InChI is InChI=1S/C15H23F2NO/c1-5-11(4)19-15-13(16)6-12(7-14(15)17)9-18-8-10(2)3/h6-7,10-11,18H,5,8-9H2,1-4H3. The normalized spacial score (nSPS) is 12.8. The van der Waals surface area contributed by atoms with Crippen molar-refractivity contribution in [2.75, 3.05) is 6.54 Å². The van der Waals surface area contributed by atoms with Crippen LogP contribution in [-0.2, 0) is 6.54 Å². The van der Waals surface area contributed by atoms with Crippen LogP contribution in [-0.4, -0.2) is 12.6 Å². The summed E-state index contributed by atoms with van der Waals surface area (Å²) in [5.41, 5.74) is 0.590. The van der Waals surface area contributed by atoms with Crippen molar-refractivity contribution in [3.8, 4) is 5.75 Å². The van der Waals surface area contributed by atoms with Gasteiger partial charge in [-0.15, -0.1) is 0 Å². The second-order valence-corrected chi connectivity index (χ2v) is 5.25. The molecule has 1 atom stereocenters. The third kappa shape index (κ3) is 5.15. The van der Waals surface area contributed by atoms with Crippen molar-refractivity contribution in [2.24, 2.45) is 5.92 Å². The minimum absolute atomic E-state index is 0.200. The lowest BCUT2D eigenvalue weighted by Crippen LogP contribution is -2.19. The minimum atomic E-state index is -0.637. The van der Waals surface area contributed by atoms with Crippen LogP contribution in [0, 0.1) is 17.6 Å². The zero-order valence-electron chi connectivity index (χ0n) is 12.1. The summed E-state index contributed by atoms with van der Waals surface area (Å²) in [5.74, 6) is -1.05.